The van der Waals surface area contributed by atoms with Crippen LogP contribution in [0.2, 0.25) is 5.02 Å². The largest absolute Gasteiger partial charge is 0.475 e. The van der Waals surface area contributed by atoms with Crippen LogP contribution in [-0.4, -0.2) is 17.0 Å². The number of carbonyl (C=O) groups excluding carboxylic acids is 1. The molecule has 0 aliphatic carbocycles. The van der Waals surface area contributed by atoms with Crippen molar-refractivity contribution < 1.29 is 23.8 Å². The molecule has 0 saturated heterocycles. The SMILES string of the molecule is CC.CC(=O)Oc1ccc(Cl)cc1Cc1ccc(C(=O)O)o1. The van der Waals surface area contributed by atoms with Gasteiger partial charge in [-0.05, 0) is 30.3 Å². The number of carbonyl (C=O) groups is 2. The fourth-order valence-corrected chi connectivity index (χ4v) is 1.91. The third kappa shape index (κ3) is 4.93. The van der Waals surface area contributed by atoms with E-state index < -0.39 is 11.9 Å². The van der Waals surface area contributed by atoms with Gasteiger partial charge in [0.25, 0.3) is 0 Å². The first-order valence-electron chi connectivity index (χ1n) is 6.74. The molecule has 2 aromatic rings. The van der Waals surface area contributed by atoms with Crippen LogP contribution in [0.5, 0.6) is 5.75 Å². The van der Waals surface area contributed by atoms with Crippen molar-refractivity contribution in [3.8, 4) is 5.75 Å². The summed E-state index contributed by atoms with van der Waals surface area (Å²) in [5.41, 5.74) is 0.638. The zero-order chi connectivity index (χ0) is 16.7. The minimum atomic E-state index is -1.14. The van der Waals surface area contributed by atoms with E-state index in [4.69, 9.17) is 25.9 Å². The third-order valence-electron chi connectivity index (χ3n) is 2.51. The van der Waals surface area contributed by atoms with Crippen LogP contribution in [0.3, 0.4) is 0 Å². The second-order valence-electron chi connectivity index (χ2n) is 4.09. The van der Waals surface area contributed by atoms with Gasteiger partial charge >= 0.3 is 11.9 Å². The van der Waals surface area contributed by atoms with Crippen molar-refractivity contribution in [1.82, 2.24) is 0 Å². The first-order chi connectivity index (χ1) is 10.5. The number of aromatic carboxylic acids is 1. The highest BCUT2D eigenvalue weighted by atomic mass is 35.5. The highest BCUT2D eigenvalue weighted by Gasteiger charge is 2.13. The molecule has 0 bridgehead atoms. The minimum absolute atomic E-state index is 0.143. The fraction of sp³-hybridized carbons (Fsp3) is 0.250. The molecule has 1 aromatic carbocycles. The van der Waals surface area contributed by atoms with Crippen molar-refractivity contribution in [3.63, 3.8) is 0 Å². The molecule has 0 aliphatic heterocycles. The number of esters is 1. The number of hydrogen-bond acceptors (Lipinski definition) is 4. The number of carboxylic acids is 1. The van der Waals surface area contributed by atoms with Crippen LogP contribution >= 0.6 is 11.6 Å². The average molecular weight is 325 g/mol. The van der Waals surface area contributed by atoms with Gasteiger partial charge in [-0.1, -0.05) is 25.4 Å². The van der Waals surface area contributed by atoms with Crippen LogP contribution in [0.1, 0.15) is 42.6 Å². The Labute approximate surface area is 133 Å². The summed E-state index contributed by atoms with van der Waals surface area (Å²) >= 11 is 5.91. The summed E-state index contributed by atoms with van der Waals surface area (Å²) in [4.78, 5) is 21.8. The van der Waals surface area contributed by atoms with Crippen molar-refractivity contribution in [2.45, 2.75) is 27.2 Å². The van der Waals surface area contributed by atoms with E-state index >= 15 is 0 Å². The fourth-order valence-electron chi connectivity index (χ4n) is 1.72. The van der Waals surface area contributed by atoms with Gasteiger partial charge in [0.1, 0.15) is 11.5 Å². The molecular formula is C16H17ClO5. The molecule has 0 unspecified atom stereocenters. The van der Waals surface area contributed by atoms with Crippen LogP contribution in [-0.2, 0) is 11.2 Å². The van der Waals surface area contributed by atoms with Gasteiger partial charge in [-0.3, -0.25) is 4.79 Å². The highest BCUT2D eigenvalue weighted by Crippen LogP contribution is 2.26. The Morgan fingerprint density at radius 3 is 2.45 bits per heavy atom. The lowest BCUT2D eigenvalue weighted by atomic mass is 10.1. The monoisotopic (exact) mass is 324 g/mol. The molecule has 2 rings (SSSR count). The summed E-state index contributed by atoms with van der Waals surface area (Å²) in [5, 5.41) is 9.28. The molecular weight excluding hydrogens is 308 g/mol. The van der Waals surface area contributed by atoms with E-state index in [0.29, 0.717) is 22.1 Å². The smallest absolute Gasteiger partial charge is 0.371 e. The van der Waals surface area contributed by atoms with Gasteiger partial charge in [0.15, 0.2) is 0 Å². The van der Waals surface area contributed by atoms with Crippen LogP contribution in [0, 0.1) is 0 Å². The molecule has 118 valence electrons. The third-order valence-corrected chi connectivity index (χ3v) is 2.75. The quantitative estimate of drug-likeness (QED) is 0.674. The van der Waals surface area contributed by atoms with Crippen molar-refractivity contribution in [3.05, 3.63) is 52.4 Å². The number of hydrogen-bond donors (Lipinski definition) is 1. The van der Waals surface area contributed by atoms with Crippen molar-refractivity contribution in [1.29, 1.82) is 0 Å². The van der Waals surface area contributed by atoms with Gasteiger partial charge in [0, 0.05) is 23.9 Å². The molecule has 0 aliphatic rings. The molecule has 0 saturated carbocycles. The predicted molar refractivity (Wildman–Crippen MR) is 82.6 cm³/mol. The van der Waals surface area contributed by atoms with Gasteiger partial charge in [-0.2, -0.15) is 0 Å². The first kappa shape index (κ1) is 17.8. The summed E-state index contributed by atoms with van der Waals surface area (Å²) in [7, 11) is 0. The van der Waals surface area contributed by atoms with E-state index in [9.17, 15) is 9.59 Å². The molecule has 0 spiro atoms. The Morgan fingerprint density at radius 1 is 1.23 bits per heavy atom. The number of furan rings is 1. The van der Waals surface area contributed by atoms with Gasteiger partial charge in [0.05, 0.1) is 0 Å². The van der Waals surface area contributed by atoms with E-state index in [-0.39, 0.29) is 12.2 Å². The average Bonchev–Trinajstić information content (AvgIpc) is 2.92. The zero-order valence-electron chi connectivity index (χ0n) is 12.6. The molecule has 1 N–H and O–H groups in total. The number of ether oxygens (including phenoxy) is 1. The molecule has 0 atom stereocenters. The Morgan fingerprint density at radius 2 is 1.91 bits per heavy atom. The minimum Gasteiger partial charge on any atom is -0.475 e. The maximum Gasteiger partial charge on any atom is 0.371 e. The Kier molecular flexibility index (Phi) is 6.66. The highest BCUT2D eigenvalue weighted by molar-refractivity contribution is 6.30. The summed E-state index contributed by atoms with van der Waals surface area (Å²) in [6.07, 6.45) is 0.274. The number of carboxylic acid groups (broad SMARTS) is 1. The second-order valence-corrected chi connectivity index (χ2v) is 4.53. The lowest BCUT2D eigenvalue weighted by Gasteiger charge is -2.08. The maximum atomic E-state index is 11.0. The first-order valence-corrected chi connectivity index (χ1v) is 7.12. The molecule has 0 fully saturated rings. The number of benzene rings is 1. The van der Waals surface area contributed by atoms with Crippen LogP contribution in [0.15, 0.2) is 34.7 Å². The Bertz CT molecular complexity index is 660. The van der Waals surface area contributed by atoms with Gasteiger partial charge in [-0.25, -0.2) is 4.79 Å². The van der Waals surface area contributed by atoms with E-state index in [1.54, 1.807) is 24.3 Å². The van der Waals surface area contributed by atoms with Crippen LogP contribution in [0.4, 0.5) is 0 Å². The number of rotatable bonds is 4. The summed E-state index contributed by atoms with van der Waals surface area (Å²) < 4.78 is 10.2. The lowest BCUT2D eigenvalue weighted by Crippen LogP contribution is -2.04. The molecule has 1 aromatic heterocycles. The Balaban J connectivity index is 0.00000116. The second kappa shape index (κ2) is 8.24. The zero-order valence-corrected chi connectivity index (χ0v) is 13.3. The topological polar surface area (TPSA) is 76.7 Å². The van der Waals surface area contributed by atoms with Crippen molar-refractivity contribution >= 4 is 23.5 Å². The molecule has 6 heteroatoms. The normalized spacial score (nSPS) is 9.64. The van der Waals surface area contributed by atoms with E-state index in [1.165, 1.54) is 13.0 Å². The van der Waals surface area contributed by atoms with Crippen molar-refractivity contribution in [2.24, 2.45) is 0 Å². The van der Waals surface area contributed by atoms with Gasteiger partial charge in [0.2, 0.25) is 5.76 Å². The molecule has 5 nitrogen and oxygen atoms in total. The summed E-state index contributed by atoms with van der Waals surface area (Å²) in [5.74, 6) is -0.911. The van der Waals surface area contributed by atoms with E-state index in [2.05, 4.69) is 0 Å². The predicted octanol–water partition coefficient (Wildman–Crippen LogP) is 4.17. The van der Waals surface area contributed by atoms with Gasteiger partial charge < -0.3 is 14.3 Å². The van der Waals surface area contributed by atoms with Crippen molar-refractivity contribution in [2.75, 3.05) is 0 Å². The van der Waals surface area contributed by atoms with E-state index in [1.807, 2.05) is 13.8 Å². The van der Waals surface area contributed by atoms with E-state index in [0.717, 1.165) is 0 Å². The molecule has 22 heavy (non-hydrogen) atoms. The standard InChI is InChI=1S/C14H11ClO5.C2H6/c1-8(16)19-12-4-2-10(15)6-9(12)7-11-3-5-13(20-11)14(17)18;1-2/h2-6H,7H2,1H3,(H,17,18);1-2H3. The Hall–Kier alpha value is -2.27. The molecule has 0 radical (unpaired) electrons. The molecule has 0 amide bonds. The number of halogens is 1. The summed E-state index contributed by atoms with van der Waals surface area (Å²) in [6.45, 7) is 5.30. The summed E-state index contributed by atoms with van der Waals surface area (Å²) in [6, 6.07) is 7.76. The van der Waals surface area contributed by atoms with Gasteiger partial charge in [-0.15, -0.1) is 0 Å². The van der Waals surface area contributed by atoms with Crippen LogP contribution < -0.4 is 4.74 Å². The maximum absolute atomic E-state index is 11.0. The lowest BCUT2D eigenvalue weighted by molar-refractivity contribution is -0.131. The van der Waals surface area contributed by atoms with Crippen LogP contribution in [0.25, 0.3) is 0 Å². The molecule has 1 heterocycles.